The molecule has 2 aromatic carbocycles. The maximum atomic E-state index is 10.9. The Labute approximate surface area is 122 Å². The van der Waals surface area contributed by atoms with Crippen LogP contribution in [0.5, 0.6) is 0 Å². The van der Waals surface area contributed by atoms with Gasteiger partial charge in [-0.2, -0.15) is 0 Å². The fourth-order valence-corrected chi connectivity index (χ4v) is 2.23. The molecule has 21 heavy (non-hydrogen) atoms. The van der Waals surface area contributed by atoms with Crippen LogP contribution in [-0.2, 0) is 28.9 Å². The number of aliphatic carboxylic acids is 2. The second kappa shape index (κ2) is 6.70. The quantitative estimate of drug-likeness (QED) is 0.854. The van der Waals surface area contributed by atoms with Crippen molar-refractivity contribution in [1.29, 1.82) is 0 Å². The van der Waals surface area contributed by atoms with Gasteiger partial charge in [0.25, 0.3) is 0 Å². The van der Waals surface area contributed by atoms with Crippen LogP contribution in [0.25, 0.3) is 0 Å². The van der Waals surface area contributed by atoms with Crippen LogP contribution in [-0.4, -0.2) is 22.2 Å². The molecule has 0 spiro atoms. The molecule has 4 heteroatoms. The highest BCUT2D eigenvalue weighted by atomic mass is 16.4. The number of carboxylic acids is 2. The van der Waals surface area contributed by atoms with E-state index >= 15 is 0 Å². The van der Waals surface area contributed by atoms with Gasteiger partial charge in [0.15, 0.2) is 0 Å². The van der Waals surface area contributed by atoms with Crippen molar-refractivity contribution in [3.63, 3.8) is 0 Å². The molecule has 0 aromatic heterocycles. The highest BCUT2D eigenvalue weighted by molar-refractivity contribution is 5.71. The van der Waals surface area contributed by atoms with E-state index in [1.54, 1.807) is 12.1 Å². The third-order valence-corrected chi connectivity index (χ3v) is 3.23. The molecule has 0 fully saturated rings. The van der Waals surface area contributed by atoms with Crippen molar-refractivity contribution in [2.24, 2.45) is 0 Å². The van der Waals surface area contributed by atoms with E-state index in [1.165, 1.54) is 0 Å². The fraction of sp³-hybridized carbons (Fsp3) is 0.176. The Morgan fingerprint density at radius 3 is 1.81 bits per heavy atom. The zero-order valence-electron chi connectivity index (χ0n) is 11.5. The molecule has 0 heterocycles. The van der Waals surface area contributed by atoms with Crippen molar-refractivity contribution in [3.8, 4) is 0 Å². The van der Waals surface area contributed by atoms with Crippen molar-refractivity contribution in [1.82, 2.24) is 0 Å². The van der Waals surface area contributed by atoms with Crippen LogP contribution >= 0.6 is 0 Å². The first kappa shape index (κ1) is 14.8. The van der Waals surface area contributed by atoms with E-state index in [4.69, 9.17) is 10.2 Å². The maximum Gasteiger partial charge on any atom is 0.307 e. The van der Waals surface area contributed by atoms with Crippen LogP contribution in [0.4, 0.5) is 0 Å². The molecule has 0 saturated heterocycles. The van der Waals surface area contributed by atoms with Gasteiger partial charge in [0, 0.05) is 0 Å². The lowest BCUT2D eigenvalue weighted by atomic mass is 9.97. The number of hydrogen-bond acceptors (Lipinski definition) is 2. The van der Waals surface area contributed by atoms with E-state index in [0.717, 1.165) is 22.3 Å². The van der Waals surface area contributed by atoms with Gasteiger partial charge in [0.2, 0.25) is 0 Å². The van der Waals surface area contributed by atoms with Crippen molar-refractivity contribution in [2.45, 2.75) is 19.3 Å². The molecular weight excluding hydrogens is 268 g/mol. The molecule has 4 nitrogen and oxygen atoms in total. The van der Waals surface area contributed by atoms with Gasteiger partial charge in [0.05, 0.1) is 12.8 Å². The van der Waals surface area contributed by atoms with E-state index in [9.17, 15) is 9.59 Å². The molecule has 0 aliphatic heterocycles. The Kier molecular flexibility index (Phi) is 4.72. The second-order valence-corrected chi connectivity index (χ2v) is 4.90. The van der Waals surface area contributed by atoms with E-state index < -0.39 is 11.9 Å². The summed E-state index contributed by atoms with van der Waals surface area (Å²) < 4.78 is 0. The summed E-state index contributed by atoms with van der Waals surface area (Å²) in [5.74, 6) is -1.70. The average molecular weight is 284 g/mol. The van der Waals surface area contributed by atoms with Crippen molar-refractivity contribution >= 4 is 11.9 Å². The second-order valence-electron chi connectivity index (χ2n) is 4.90. The molecular formula is C17H16O4. The predicted octanol–water partition coefficient (Wildman–Crippen LogP) is 2.53. The topological polar surface area (TPSA) is 74.6 Å². The molecule has 0 aliphatic rings. The van der Waals surface area contributed by atoms with Crippen LogP contribution in [0.1, 0.15) is 22.3 Å². The SMILES string of the molecule is O=C(O)Cc1ccc(Cc2ccccc2CC(=O)O)cc1. The Morgan fingerprint density at radius 1 is 0.714 bits per heavy atom. The van der Waals surface area contributed by atoms with Gasteiger partial charge in [-0.15, -0.1) is 0 Å². The minimum Gasteiger partial charge on any atom is -0.481 e. The molecule has 2 aromatic rings. The van der Waals surface area contributed by atoms with Gasteiger partial charge in [-0.05, 0) is 28.7 Å². The Bertz CT molecular complexity index is 644. The maximum absolute atomic E-state index is 10.9. The third kappa shape index (κ3) is 4.45. The monoisotopic (exact) mass is 284 g/mol. The summed E-state index contributed by atoms with van der Waals surface area (Å²) in [4.78, 5) is 21.5. The Morgan fingerprint density at radius 2 is 1.24 bits per heavy atom. The zero-order valence-corrected chi connectivity index (χ0v) is 11.5. The summed E-state index contributed by atoms with van der Waals surface area (Å²) in [5, 5.41) is 17.7. The molecule has 0 aliphatic carbocycles. The van der Waals surface area contributed by atoms with Gasteiger partial charge in [-0.25, -0.2) is 0 Å². The summed E-state index contributed by atoms with van der Waals surface area (Å²) in [6.45, 7) is 0. The van der Waals surface area contributed by atoms with Gasteiger partial charge < -0.3 is 10.2 Å². The zero-order chi connectivity index (χ0) is 15.2. The molecule has 0 saturated carbocycles. The summed E-state index contributed by atoms with van der Waals surface area (Å²) in [6.07, 6.45) is 0.653. The van der Waals surface area contributed by atoms with E-state index in [-0.39, 0.29) is 12.8 Å². The van der Waals surface area contributed by atoms with Crippen LogP contribution in [0.3, 0.4) is 0 Å². The minimum absolute atomic E-state index is 0.00721. The van der Waals surface area contributed by atoms with Crippen molar-refractivity contribution in [2.75, 3.05) is 0 Å². The van der Waals surface area contributed by atoms with Gasteiger partial charge in [-0.3, -0.25) is 9.59 Å². The average Bonchev–Trinajstić information content (AvgIpc) is 2.42. The van der Waals surface area contributed by atoms with Crippen molar-refractivity contribution in [3.05, 3.63) is 70.8 Å². The third-order valence-electron chi connectivity index (χ3n) is 3.23. The van der Waals surface area contributed by atoms with Gasteiger partial charge in [0.1, 0.15) is 0 Å². The summed E-state index contributed by atoms with van der Waals surface area (Å²) in [6, 6.07) is 14.8. The highest BCUT2D eigenvalue weighted by Crippen LogP contribution is 2.16. The summed E-state index contributed by atoms with van der Waals surface area (Å²) in [5.41, 5.74) is 3.57. The largest absolute Gasteiger partial charge is 0.481 e. The van der Waals surface area contributed by atoms with Crippen LogP contribution < -0.4 is 0 Å². The first-order valence-electron chi connectivity index (χ1n) is 6.63. The Hall–Kier alpha value is -2.62. The van der Waals surface area contributed by atoms with Gasteiger partial charge in [-0.1, -0.05) is 48.5 Å². The number of hydrogen-bond donors (Lipinski definition) is 2. The normalized spacial score (nSPS) is 10.3. The smallest absolute Gasteiger partial charge is 0.307 e. The number of benzene rings is 2. The molecule has 0 radical (unpaired) electrons. The highest BCUT2D eigenvalue weighted by Gasteiger charge is 2.07. The number of carbonyl (C=O) groups is 2. The molecule has 0 bridgehead atoms. The van der Waals surface area contributed by atoms with Gasteiger partial charge >= 0.3 is 11.9 Å². The van der Waals surface area contributed by atoms with Crippen LogP contribution in [0.2, 0.25) is 0 Å². The lowest BCUT2D eigenvalue weighted by molar-refractivity contribution is -0.137. The van der Waals surface area contributed by atoms with E-state index in [1.807, 2.05) is 36.4 Å². The molecule has 0 atom stereocenters. The summed E-state index contributed by atoms with van der Waals surface area (Å²) in [7, 11) is 0. The molecule has 0 unspecified atom stereocenters. The molecule has 108 valence electrons. The lowest BCUT2D eigenvalue weighted by Crippen LogP contribution is -2.04. The molecule has 0 amide bonds. The number of carboxylic acid groups (broad SMARTS) is 2. The van der Waals surface area contributed by atoms with Crippen LogP contribution in [0.15, 0.2) is 48.5 Å². The summed E-state index contributed by atoms with van der Waals surface area (Å²) >= 11 is 0. The first-order valence-corrected chi connectivity index (χ1v) is 6.63. The predicted molar refractivity (Wildman–Crippen MR) is 78.4 cm³/mol. The first-order chi connectivity index (χ1) is 10.0. The fourth-order valence-electron chi connectivity index (χ4n) is 2.23. The standard InChI is InChI=1S/C17H16O4/c18-16(19)10-13-7-5-12(6-8-13)9-14-3-1-2-4-15(14)11-17(20)21/h1-8H,9-11H2,(H,18,19)(H,20,21). The van der Waals surface area contributed by atoms with Crippen molar-refractivity contribution < 1.29 is 19.8 Å². The molecule has 2 rings (SSSR count). The lowest BCUT2D eigenvalue weighted by Gasteiger charge is -2.08. The number of rotatable bonds is 6. The van der Waals surface area contributed by atoms with Crippen LogP contribution in [0, 0.1) is 0 Å². The van der Waals surface area contributed by atoms with E-state index in [2.05, 4.69) is 0 Å². The minimum atomic E-state index is -0.852. The van der Waals surface area contributed by atoms with E-state index in [0.29, 0.717) is 6.42 Å². The molecule has 2 N–H and O–H groups in total. The Balaban J connectivity index is 2.14.